The molecular formula is C15H15Cl2N3O2. The molecule has 3 rings (SSSR count). The van der Waals surface area contributed by atoms with E-state index in [0.717, 1.165) is 17.9 Å². The molecule has 2 heterocycles. The number of nitrogens with zero attached hydrogens (tertiary/aromatic N) is 3. The molecule has 1 atom stereocenters. The van der Waals surface area contributed by atoms with Crippen molar-refractivity contribution in [1.82, 2.24) is 9.97 Å². The second kappa shape index (κ2) is 6.69. The summed E-state index contributed by atoms with van der Waals surface area (Å²) in [6, 6.07) is 7.38. The zero-order chi connectivity index (χ0) is 15.5. The largest absolute Gasteiger partial charge is 0.481 e. The lowest BCUT2D eigenvalue weighted by Gasteiger charge is -2.34. The fourth-order valence-corrected chi connectivity index (χ4v) is 2.69. The first-order chi connectivity index (χ1) is 10.7. The number of ether oxygens (including phenoxy) is 2. The highest BCUT2D eigenvalue weighted by molar-refractivity contribution is 6.42. The molecule has 22 heavy (non-hydrogen) atoms. The van der Waals surface area contributed by atoms with Gasteiger partial charge in [0.25, 0.3) is 0 Å². The average molecular weight is 340 g/mol. The fraction of sp³-hybridized carbons (Fsp3) is 0.333. The molecule has 1 aliphatic rings. The van der Waals surface area contributed by atoms with Crippen LogP contribution in [0.2, 0.25) is 10.0 Å². The molecule has 0 amide bonds. The number of morpholine rings is 1. The summed E-state index contributed by atoms with van der Waals surface area (Å²) >= 11 is 12.1. The summed E-state index contributed by atoms with van der Waals surface area (Å²) in [6.07, 6.45) is 1.42. The smallest absolute Gasteiger partial charge is 0.218 e. The Morgan fingerprint density at radius 1 is 1.23 bits per heavy atom. The van der Waals surface area contributed by atoms with Crippen LogP contribution in [0.25, 0.3) is 0 Å². The summed E-state index contributed by atoms with van der Waals surface area (Å²) in [5.41, 5.74) is 1.00. The third-order valence-corrected chi connectivity index (χ3v) is 4.28. The van der Waals surface area contributed by atoms with Crippen molar-refractivity contribution in [3.63, 3.8) is 0 Å². The molecule has 1 aliphatic heterocycles. The number of benzene rings is 1. The lowest BCUT2D eigenvalue weighted by atomic mass is 10.1. The van der Waals surface area contributed by atoms with Gasteiger partial charge in [0.1, 0.15) is 18.2 Å². The maximum absolute atomic E-state index is 6.09. The molecule has 0 radical (unpaired) electrons. The quantitative estimate of drug-likeness (QED) is 0.857. The Labute approximate surface area is 138 Å². The standard InChI is InChI=1S/C15H15Cl2N3O2/c1-21-15-7-14(18-9-19-15)20-4-5-22-13(8-20)10-2-3-11(16)12(17)6-10/h2-3,6-7,9,13H,4-5,8H2,1H3. The molecule has 0 N–H and O–H groups in total. The number of hydrogen-bond donors (Lipinski definition) is 0. The van der Waals surface area contributed by atoms with Gasteiger partial charge in [-0.05, 0) is 17.7 Å². The molecule has 0 bridgehead atoms. The van der Waals surface area contributed by atoms with Crippen LogP contribution < -0.4 is 9.64 Å². The minimum atomic E-state index is -0.0792. The number of halogens is 2. The number of hydrogen-bond acceptors (Lipinski definition) is 5. The molecule has 116 valence electrons. The molecule has 7 heteroatoms. The van der Waals surface area contributed by atoms with Crippen molar-refractivity contribution in [1.29, 1.82) is 0 Å². The first-order valence-corrected chi connectivity index (χ1v) is 7.60. The fourth-order valence-electron chi connectivity index (χ4n) is 2.39. The minimum absolute atomic E-state index is 0.0792. The van der Waals surface area contributed by atoms with Crippen molar-refractivity contribution in [3.8, 4) is 5.88 Å². The number of rotatable bonds is 3. The van der Waals surface area contributed by atoms with Crippen LogP contribution in [-0.4, -0.2) is 36.8 Å². The van der Waals surface area contributed by atoms with Gasteiger partial charge in [0, 0.05) is 19.2 Å². The first kappa shape index (κ1) is 15.3. The average Bonchev–Trinajstić information content (AvgIpc) is 2.57. The van der Waals surface area contributed by atoms with Gasteiger partial charge in [-0.3, -0.25) is 0 Å². The summed E-state index contributed by atoms with van der Waals surface area (Å²) in [4.78, 5) is 10.5. The Hall–Kier alpha value is -1.56. The predicted molar refractivity (Wildman–Crippen MR) is 86.0 cm³/mol. The van der Waals surface area contributed by atoms with Crippen molar-refractivity contribution in [2.45, 2.75) is 6.10 Å². The SMILES string of the molecule is COc1cc(N2CCOC(c3ccc(Cl)c(Cl)c3)C2)ncn1. The monoisotopic (exact) mass is 339 g/mol. The summed E-state index contributed by atoms with van der Waals surface area (Å²) < 4.78 is 11.0. The Morgan fingerprint density at radius 3 is 2.86 bits per heavy atom. The first-order valence-electron chi connectivity index (χ1n) is 6.85. The molecule has 0 spiro atoms. The molecule has 1 saturated heterocycles. The zero-order valence-electron chi connectivity index (χ0n) is 12.0. The maximum Gasteiger partial charge on any atom is 0.218 e. The highest BCUT2D eigenvalue weighted by atomic mass is 35.5. The van der Waals surface area contributed by atoms with E-state index in [1.807, 2.05) is 18.2 Å². The van der Waals surface area contributed by atoms with Crippen LogP contribution in [-0.2, 0) is 4.74 Å². The van der Waals surface area contributed by atoms with Crippen molar-refractivity contribution in [3.05, 3.63) is 46.2 Å². The topological polar surface area (TPSA) is 47.5 Å². The van der Waals surface area contributed by atoms with E-state index in [0.29, 0.717) is 29.1 Å². The van der Waals surface area contributed by atoms with E-state index in [2.05, 4.69) is 14.9 Å². The highest BCUT2D eigenvalue weighted by Gasteiger charge is 2.23. The molecule has 1 fully saturated rings. The van der Waals surface area contributed by atoms with Crippen LogP contribution in [0.15, 0.2) is 30.6 Å². The van der Waals surface area contributed by atoms with Crippen molar-refractivity contribution in [2.24, 2.45) is 0 Å². The molecule has 0 saturated carbocycles. The van der Waals surface area contributed by atoms with Gasteiger partial charge in [0.05, 0.1) is 23.8 Å². The molecular weight excluding hydrogens is 325 g/mol. The molecule has 5 nitrogen and oxygen atoms in total. The van der Waals surface area contributed by atoms with E-state index in [1.165, 1.54) is 6.33 Å². The van der Waals surface area contributed by atoms with Gasteiger partial charge in [-0.1, -0.05) is 29.3 Å². The number of methoxy groups -OCH3 is 1. The normalized spacial score (nSPS) is 18.3. The van der Waals surface area contributed by atoms with Gasteiger partial charge >= 0.3 is 0 Å². The number of aromatic nitrogens is 2. The van der Waals surface area contributed by atoms with Crippen LogP contribution in [0.1, 0.15) is 11.7 Å². The van der Waals surface area contributed by atoms with E-state index in [-0.39, 0.29) is 6.10 Å². The summed E-state index contributed by atoms with van der Waals surface area (Å²) in [6.45, 7) is 2.05. The Bertz CT molecular complexity index is 669. The Kier molecular flexibility index (Phi) is 4.66. The summed E-state index contributed by atoms with van der Waals surface area (Å²) in [7, 11) is 1.59. The van der Waals surface area contributed by atoms with E-state index in [9.17, 15) is 0 Å². The van der Waals surface area contributed by atoms with Crippen LogP contribution in [0.4, 0.5) is 5.82 Å². The molecule has 0 aliphatic carbocycles. The summed E-state index contributed by atoms with van der Waals surface area (Å²) in [5.74, 6) is 1.36. The predicted octanol–water partition coefficient (Wildman–Crippen LogP) is 3.37. The van der Waals surface area contributed by atoms with Gasteiger partial charge < -0.3 is 14.4 Å². The lowest BCUT2D eigenvalue weighted by Crippen LogP contribution is -2.38. The maximum atomic E-state index is 6.09. The second-order valence-corrected chi connectivity index (χ2v) is 5.71. The van der Waals surface area contributed by atoms with Crippen molar-refractivity contribution >= 4 is 29.0 Å². The van der Waals surface area contributed by atoms with Crippen molar-refractivity contribution < 1.29 is 9.47 Å². The van der Waals surface area contributed by atoms with Crippen LogP contribution in [0.5, 0.6) is 5.88 Å². The molecule has 1 aromatic heterocycles. The van der Waals surface area contributed by atoms with E-state index < -0.39 is 0 Å². The zero-order valence-corrected chi connectivity index (χ0v) is 13.5. The minimum Gasteiger partial charge on any atom is -0.481 e. The third kappa shape index (κ3) is 3.27. The van der Waals surface area contributed by atoms with Gasteiger partial charge in [-0.15, -0.1) is 0 Å². The molecule has 2 aromatic rings. The van der Waals surface area contributed by atoms with E-state index >= 15 is 0 Å². The molecule has 1 unspecified atom stereocenters. The summed E-state index contributed by atoms with van der Waals surface area (Å²) in [5, 5.41) is 1.07. The third-order valence-electron chi connectivity index (χ3n) is 3.54. The highest BCUT2D eigenvalue weighted by Crippen LogP contribution is 2.30. The van der Waals surface area contributed by atoms with Crippen LogP contribution >= 0.6 is 23.2 Å². The van der Waals surface area contributed by atoms with Gasteiger partial charge in [-0.25, -0.2) is 9.97 Å². The van der Waals surface area contributed by atoms with Gasteiger partial charge in [0.15, 0.2) is 0 Å². The van der Waals surface area contributed by atoms with E-state index in [4.69, 9.17) is 32.7 Å². The van der Waals surface area contributed by atoms with Gasteiger partial charge in [-0.2, -0.15) is 0 Å². The number of anilines is 1. The van der Waals surface area contributed by atoms with Gasteiger partial charge in [0.2, 0.25) is 5.88 Å². The Morgan fingerprint density at radius 2 is 2.09 bits per heavy atom. The lowest BCUT2D eigenvalue weighted by molar-refractivity contribution is 0.0395. The van der Waals surface area contributed by atoms with Crippen molar-refractivity contribution in [2.75, 3.05) is 31.7 Å². The van der Waals surface area contributed by atoms with Crippen LogP contribution in [0.3, 0.4) is 0 Å². The molecule has 1 aromatic carbocycles. The second-order valence-electron chi connectivity index (χ2n) is 4.90. The van der Waals surface area contributed by atoms with E-state index in [1.54, 1.807) is 13.2 Å². The Balaban J connectivity index is 1.80. The van der Waals surface area contributed by atoms with Crippen LogP contribution in [0, 0.1) is 0 Å².